The molecular formula is C12H23LiN2Si2. The SMILES string of the molecule is [Li][c]1cccc(N[Si](C)(C)C)c1N[Si](C)(C)C. The average molecular weight is 258 g/mol. The molecule has 0 amide bonds. The summed E-state index contributed by atoms with van der Waals surface area (Å²) in [7, 11) is -2.61. The van der Waals surface area contributed by atoms with Crippen LogP contribution in [0.25, 0.3) is 0 Å². The van der Waals surface area contributed by atoms with Gasteiger partial charge in [-0.3, -0.25) is 0 Å². The second kappa shape index (κ2) is 5.23. The summed E-state index contributed by atoms with van der Waals surface area (Å²) in [6.07, 6.45) is 0. The summed E-state index contributed by atoms with van der Waals surface area (Å²) in [6.45, 7) is 14.0. The van der Waals surface area contributed by atoms with Crippen LogP contribution in [0.2, 0.25) is 39.3 Å². The quantitative estimate of drug-likeness (QED) is 0.811. The Labute approximate surface area is 117 Å². The maximum absolute atomic E-state index is 3.74. The number of rotatable bonds is 4. The van der Waals surface area contributed by atoms with Gasteiger partial charge in [0.1, 0.15) is 0 Å². The van der Waals surface area contributed by atoms with Crippen molar-refractivity contribution in [1.29, 1.82) is 0 Å². The van der Waals surface area contributed by atoms with Gasteiger partial charge in [-0.25, -0.2) is 0 Å². The van der Waals surface area contributed by atoms with Crippen LogP contribution in [0.15, 0.2) is 18.2 Å². The van der Waals surface area contributed by atoms with E-state index in [4.69, 9.17) is 0 Å². The van der Waals surface area contributed by atoms with Crippen LogP contribution in [0.4, 0.5) is 11.4 Å². The van der Waals surface area contributed by atoms with Crippen molar-refractivity contribution in [3.05, 3.63) is 18.2 Å². The van der Waals surface area contributed by atoms with E-state index < -0.39 is 16.5 Å². The summed E-state index contributed by atoms with van der Waals surface area (Å²) in [5, 5.41) is 0. The Bertz CT molecular complexity index is 394. The molecule has 1 aromatic rings. The standard InChI is InChI=1S/C12H23N2Si2.Li/c1-15(2,3)13-11-9-7-8-10-12(11)14-16(4,5)6;/h7-9,13-14H,1-6H3;. The third-order valence-corrected chi connectivity index (χ3v) is 4.30. The molecule has 1 rings (SSSR count). The molecule has 0 aromatic heterocycles. The third-order valence-electron chi connectivity index (χ3n) is 2.28. The molecule has 1 aromatic carbocycles. The Hall–Kier alpha value is -0.149. The van der Waals surface area contributed by atoms with E-state index in [2.05, 4.69) is 85.2 Å². The first-order valence-corrected chi connectivity index (χ1v) is 13.2. The minimum atomic E-state index is -1.31. The molecule has 2 N–H and O–H groups in total. The molecule has 0 fully saturated rings. The molecule has 2 nitrogen and oxygen atoms in total. The number of nitrogens with one attached hydrogen (secondary N) is 2. The summed E-state index contributed by atoms with van der Waals surface area (Å²) < 4.78 is 1.33. The first kappa shape index (κ1) is 14.9. The first-order valence-electron chi connectivity index (χ1n) is 6.24. The van der Waals surface area contributed by atoms with Crippen LogP contribution < -0.4 is 14.2 Å². The second-order valence-corrected chi connectivity index (χ2v) is 16.2. The van der Waals surface area contributed by atoms with Crippen molar-refractivity contribution in [3.63, 3.8) is 0 Å². The Morgan fingerprint density at radius 1 is 0.882 bits per heavy atom. The number of anilines is 2. The van der Waals surface area contributed by atoms with Crippen LogP contribution in [0.5, 0.6) is 0 Å². The minimum absolute atomic E-state index is 1.27. The van der Waals surface area contributed by atoms with Crippen molar-refractivity contribution in [2.45, 2.75) is 39.3 Å². The summed E-state index contributed by atoms with van der Waals surface area (Å²) in [6, 6.07) is 6.50. The molecule has 0 bridgehead atoms. The van der Waals surface area contributed by atoms with Crippen molar-refractivity contribution < 1.29 is 0 Å². The van der Waals surface area contributed by atoms with Crippen molar-refractivity contribution in [1.82, 2.24) is 0 Å². The zero-order valence-corrected chi connectivity index (χ0v) is 14.2. The number of hydrogen-bond donors (Lipinski definition) is 2. The summed E-state index contributed by atoms with van der Waals surface area (Å²) in [5.41, 5.74) is 2.57. The van der Waals surface area contributed by atoms with Gasteiger partial charge in [0, 0.05) is 0 Å². The Morgan fingerprint density at radius 2 is 1.41 bits per heavy atom. The molecule has 0 heterocycles. The summed E-state index contributed by atoms with van der Waals surface area (Å²) in [5.74, 6) is 0. The van der Waals surface area contributed by atoms with Gasteiger partial charge in [0.2, 0.25) is 0 Å². The van der Waals surface area contributed by atoms with Crippen LogP contribution >= 0.6 is 0 Å². The average Bonchev–Trinajstić information content (AvgIpc) is 2.07. The molecule has 0 saturated carbocycles. The van der Waals surface area contributed by atoms with Crippen LogP contribution in [0, 0.1) is 0 Å². The number of hydrogen-bond acceptors (Lipinski definition) is 2. The molecule has 5 heteroatoms. The Balaban J connectivity index is 3.09. The fourth-order valence-corrected chi connectivity index (χ4v) is 3.82. The van der Waals surface area contributed by atoms with E-state index in [1.807, 2.05) is 0 Å². The monoisotopic (exact) mass is 258 g/mol. The van der Waals surface area contributed by atoms with Gasteiger partial charge in [-0.1, -0.05) is 0 Å². The van der Waals surface area contributed by atoms with Gasteiger partial charge in [-0.2, -0.15) is 0 Å². The van der Waals surface area contributed by atoms with Crippen molar-refractivity contribution in [3.8, 4) is 0 Å². The van der Waals surface area contributed by atoms with Crippen LogP contribution in [-0.4, -0.2) is 34.2 Å². The third kappa shape index (κ3) is 5.35. The zero-order chi connectivity index (χ0) is 13.3. The van der Waals surface area contributed by atoms with E-state index in [9.17, 15) is 0 Å². The van der Waals surface area contributed by atoms with E-state index in [0.29, 0.717) is 0 Å². The van der Waals surface area contributed by atoms with Crippen LogP contribution in [0.1, 0.15) is 0 Å². The molecule has 17 heavy (non-hydrogen) atoms. The zero-order valence-electron chi connectivity index (χ0n) is 12.2. The Morgan fingerprint density at radius 3 is 1.88 bits per heavy atom. The molecular weight excluding hydrogens is 235 g/mol. The Kier molecular flexibility index (Phi) is 4.59. The molecule has 0 atom stereocenters. The van der Waals surface area contributed by atoms with Crippen molar-refractivity contribution in [2.24, 2.45) is 0 Å². The first-order chi connectivity index (χ1) is 7.58. The predicted octanol–water partition coefficient (Wildman–Crippen LogP) is 2.97. The fourth-order valence-electron chi connectivity index (χ4n) is 1.72. The molecule has 0 unspecified atom stereocenters. The van der Waals surface area contributed by atoms with E-state index in [1.54, 1.807) is 0 Å². The topological polar surface area (TPSA) is 24.1 Å². The normalized spacial score (nSPS) is 12.5. The predicted molar refractivity (Wildman–Crippen MR) is 85.8 cm³/mol. The summed E-state index contributed by atoms with van der Waals surface area (Å²) in [4.78, 5) is 7.45. The van der Waals surface area contributed by atoms with Crippen molar-refractivity contribution in [2.75, 3.05) is 9.96 Å². The molecule has 0 aliphatic carbocycles. The number of benzene rings is 1. The number of para-hydroxylation sites is 1. The van der Waals surface area contributed by atoms with Gasteiger partial charge in [0.25, 0.3) is 0 Å². The molecule has 0 saturated heterocycles. The molecule has 0 aliphatic rings. The van der Waals surface area contributed by atoms with E-state index in [0.717, 1.165) is 0 Å². The van der Waals surface area contributed by atoms with Gasteiger partial charge in [-0.15, -0.1) is 0 Å². The van der Waals surface area contributed by atoms with E-state index >= 15 is 0 Å². The van der Waals surface area contributed by atoms with Crippen LogP contribution in [0.3, 0.4) is 0 Å². The van der Waals surface area contributed by atoms with Crippen molar-refractivity contribution >= 4 is 49.8 Å². The summed E-state index contributed by atoms with van der Waals surface area (Å²) >= 11 is 2.18. The fraction of sp³-hybridized carbons (Fsp3) is 0.500. The molecule has 0 radical (unpaired) electrons. The second-order valence-electron chi connectivity index (χ2n) is 6.75. The van der Waals surface area contributed by atoms with Gasteiger partial charge < -0.3 is 0 Å². The van der Waals surface area contributed by atoms with Gasteiger partial charge in [0.15, 0.2) is 0 Å². The van der Waals surface area contributed by atoms with Gasteiger partial charge >= 0.3 is 117 Å². The van der Waals surface area contributed by atoms with E-state index in [1.165, 1.54) is 15.6 Å². The van der Waals surface area contributed by atoms with Gasteiger partial charge in [0.05, 0.1) is 0 Å². The van der Waals surface area contributed by atoms with E-state index in [-0.39, 0.29) is 0 Å². The molecule has 0 aliphatic heterocycles. The van der Waals surface area contributed by atoms with Gasteiger partial charge in [-0.05, 0) is 0 Å². The molecule has 90 valence electrons. The van der Waals surface area contributed by atoms with Crippen LogP contribution in [-0.2, 0) is 0 Å². The maximum atomic E-state index is 3.74. The molecule has 0 spiro atoms.